The van der Waals surface area contributed by atoms with Crippen LogP contribution in [0, 0.1) is 11.6 Å². The number of hydrogen-bond donors (Lipinski definition) is 1. The van der Waals surface area contributed by atoms with Crippen molar-refractivity contribution in [2.75, 3.05) is 5.32 Å². The maximum absolute atomic E-state index is 13.0. The number of carbonyl (C=O) groups is 1. The van der Waals surface area contributed by atoms with Crippen LogP contribution in [0.25, 0.3) is 0 Å². The molecule has 0 heterocycles. The van der Waals surface area contributed by atoms with E-state index in [0.717, 1.165) is 12.1 Å². The van der Waals surface area contributed by atoms with Gasteiger partial charge in [0.2, 0.25) is 5.91 Å². The molecule has 0 atom stereocenters. The number of anilines is 1. The molecule has 0 aliphatic carbocycles. The first kappa shape index (κ1) is 13.5. The summed E-state index contributed by atoms with van der Waals surface area (Å²) in [5, 5.41) is 2.97. The number of amides is 1. The van der Waals surface area contributed by atoms with E-state index >= 15 is 0 Å². The molecule has 2 rings (SSSR count). The zero-order chi connectivity index (χ0) is 13.8. The molecule has 98 valence electrons. The molecule has 1 amide bonds. The van der Waals surface area contributed by atoms with E-state index in [9.17, 15) is 13.6 Å². The second-order valence-corrected chi connectivity index (χ2v) is 4.35. The third kappa shape index (κ3) is 3.51. The fourth-order valence-corrected chi connectivity index (χ4v) is 1.80. The molecule has 0 aliphatic rings. The van der Waals surface area contributed by atoms with Gasteiger partial charge in [0, 0.05) is 16.8 Å². The minimum absolute atomic E-state index is 0.0681. The molecule has 0 aromatic heterocycles. The molecular weight excluding hydrogens is 272 g/mol. The first-order chi connectivity index (χ1) is 9.06. The van der Waals surface area contributed by atoms with E-state index in [1.807, 2.05) is 0 Å². The van der Waals surface area contributed by atoms with Gasteiger partial charge >= 0.3 is 0 Å². The highest BCUT2D eigenvalue weighted by molar-refractivity contribution is 6.31. The summed E-state index contributed by atoms with van der Waals surface area (Å²) in [4.78, 5) is 11.7. The molecule has 0 radical (unpaired) electrons. The Bertz CT molecular complexity index is 616. The lowest BCUT2D eigenvalue weighted by Crippen LogP contribution is -2.14. The van der Waals surface area contributed by atoms with Crippen LogP contribution in [0.3, 0.4) is 0 Å². The maximum Gasteiger partial charge on any atom is 0.228 e. The fraction of sp³-hybridized carbons (Fsp3) is 0.0714. The first-order valence-electron chi connectivity index (χ1n) is 5.54. The summed E-state index contributed by atoms with van der Waals surface area (Å²) in [7, 11) is 0. The summed E-state index contributed by atoms with van der Waals surface area (Å²) in [6.07, 6.45) is 0.0681. The van der Waals surface area contributed by atoms with E-state index in [0.29, 0.717) is 10.6 Å². The molecule has 0 saturated carbocycles. The first-order valence-corrected chi connectivity index (χ1v) is 5.92. The predicted molar refractivity (Wildman–Crippen MR) is 70.1 cm³/mol. The fourth-order valence-electron chi connectivity index (χ4n) is 1.59. The average Bonchev–Trinajstić information content (AvgIpc) is 2.37. The zero-order valence-electron chi connectivity index (χ0n) is 9.79. The van der Waals surface area contributed by atoms with Crippen LogP contribution in [0.5, 0.6) is 0 Å². The Kier molecular flexibility index (Phi) is 4.12. The van der Waals surface area contributed by atoms with Gasteiger partial charge in [0.25, 0.3) is 0 Å². The van der Waals surface area contributed by atoms with Crippen molar-refractivity contribution in [3.8, 4) is 0 Å². The van der Waals surface area contributed by atoms with E-state index in [-0.39, 0.29) is 18.0 Å². The lowest BCUT2D eigenvalue weighted by molar-refractivity contribution is -0.115. The number of carbonyl (C=O) groups excluding carboxylic acids is 1. The normalized spacial score (nSPS) is 10.3. The van der Waals surface area contributed by atoms with Gasteiger partial charge in [-0.25, -0.2) is 8.78 Å². The summed E-state index contributed by atoms with van der Waals surface area (Å²) in [6, 6.07) is 10.1. The molecule has 1 N–H and O–H groups in total. The summed E-state index contributed by atoms with van der Waals surface area (Å²) < 4.78 is 25.7. The molecular formula is C14H10ClF2NO. The Morgan fingerprint density at radius 1 is 1.11 bits per heavy atom. The standard InChI is InChI=1S/C14H10ClF2NO/c15-11-4-2-1-3-9(11)7-14(19)18-10-5-6-12(16)13(17)8-10/h1-6,8H,7H2,(H,18,19). The Labute approximate surface area is 114 Å². The van der Waals surface area contributed by atoms with E-state index < -0.39 is 11.6 Å². The number of hydrogen-bond acceptors (Lipinski definition) is 1. The second kappa shape index (κ2) is 5.80. The highest BCUT2D eigenvalue weighted by atomic mass is 35.5. The zero-order valence-corrected chi connectivity index (χ0v) is 10.5. The second-order valence-electron chi connectivity index (χ2n) is 3.95. The van der Waals surface area contributed by atoms with E-state index in [4.69, 9.17) is 11.6 Å². The van der Waals surface area contributed by atoms with Crippen molar-refractivity contribution in [1.29, 1.82) is 0 Å². The summed E-state index contributed by atoms with van der Waals surface area (Å²) in [5.41, 5.74) is 0.875. The molecule has 5 heteroatoms. The lowest BCUT2D eigenvalue weighted by atomic mass is 10.1. The number of benzene rings is 2. The maximum atomic E-state index is 13.0. The predicted octanol–water partition coefficient (Wildman–Crippen LogP) is 3.80. The van der Waals surface area contributed by atoms with Gasteiger partial charge in [-0.1, -0.05) is 29.8 Å². The van der Waals surface area contributed by atoms with Crippen LogP contribution in [0.4, 0.5) is 14.5 Å². The van der Waals surface area contributed by atoms with Crippen LogP contribution in [-0.2, 0) is 11.2 Å². The molecule has 2 aromatic rings. The van der Waals surface area contributed by atoms with Gasteiger partial charge in [0.05, 0.1) is 6.42 Å². The van der Waals surface area contributed by atoms with Crippen LogP contribution in [-0.4, -0.2) is 5.91 Å². The molecule has 0 bridgehead atoms. The Hall–Kier alpha value is -1.94. The van der Waals surface area contributed by atoms with Gasteiger partial charge in [0.1, 0.15) is 0 Å². The van der Waals surface area contributed by atoms with E-state index in [2.05, 4.69) is 5.32 Å². The molecule has 0 fully saturated rings. The van der Waals surface area contributed by atoms with Crippen LogP contribution in [0.2, 0.25) is 5.02 Å². The molecule has 2 aromatic carbocycles. The van der Waals surface area contributed by atoms with Gasteiger partial charge < -0.3 is 5.32 Å². The smallest absolute Gasteiger partial charge is 0.228 e. The number of nitrogens with one attached hydrogen (secondary N) is 1. The molecule has 0 unspecified atom stereocenters. The molecule has 0 spiro atoms. The topological polar surface area (TPSA) is 29.1 Å². The van der Waals surface area contributed by atoms with Crippen LogP contribution >= 0.6 is 11.6 Å². The molecule has 2 nitrogen and oxygen atoms in total. The Morgan fingerprint density at radius 2 is 1.84 bits per heavy atom. The summed E-state index contributed by atoms with van der Waals surface area (Å²) in [5.74, 6) is -2.31. The van der Waals surface area contributed by atoms with Crippen molar-refractivity contribution >= 4 is 23.2 Å². The minimum atomic E-state index is -1.00. The Morgan fingerprint density at radius 3 is 2.53 bits per heavy atom. The quantitative estimate of drug-likeness (QED) is 0.911. The SMILES string of the molecule is O=C(Cc1ccccc1Cl)Nc1ccc(F)c(F)c1. The molecule has 0 aliphatic heterocycles. The van der Waals surface area contributed by atoms with E-state index in [1.165, 1.54) is 6.07 Å². The van der Waals surface area contributed by atoms with Crippen molar-refractivity contribution < 1.29 is 13.6 Å². The van der Waals surface area contributed by atoms with Crippen LogP contribution in [0.1, 0.15) is 5.56 Å². The Balaban J connectivity index is 2.05. The number of halogens is 3. The number of rotatable bonds is 3. The summed E-state index contributed by atoms with van der Waals surface area (Å²) in [6.45, 7) is 0. The van der Waals surface area contributed by atoms with Crippen molar-refractivity contribution in [3.05, 3.63) is 64.7 Å². The van der Waals surface area contributed by atoms with Gasteiger partial charge in [0.15, 0.2) is 11.6 Å². The lowest BCUT2D eigenvalue weighted by Gasteiger charge is -2.06. The van der Waals surface area contributed by atoms with Crippen LogP contribution < -0.4 is 5.32 Å². The highest BCUT2D eigenvalue weighted by Gasteiger charge is 2.08. The van der Waals surface area contributed by atoms with Gasteiger partial charge in [-0.15, -0.1) is 0 Å². The van der Waals surface area contributed by atoms with Crippen molar-refractivity contribution in [1.82, 2.24) is 0 Å². The van der Waals surface area contributed by atoms with Crippen molar-refractivity contribution in [2.24, 2.45) is 0 Å². The van der Waals surface area contributed by atoms with Crippen molar-refractivity contribution in [2.45, 2.75) is 6.42 Å². The average molecular weight is 282 g/mol. The molecule has 0 saturated heterocycles. The largest absolute Gasteiger partial charge is 0.326 e. The van der Waals surface area contributed by atoms with Gasteiger partial charge in [-0.05, 0) is 23.8 Å². The van der Waals surface area contributed by atoms with Gasteiger partial charge in [-0.2, -0.15) is 0 Å². The monoisotopic (exact) mass is 281 g/mol. The third-order valence-corrected chi connectivity index (χ3v) is 2.88. The molecule has 19 heavy (non-hydrogen) atoms. The third-order valence-electron chi connectivity index (χ3n) is 2.51. The summed E-state index contributed by atoms with van der Waals surface area (Å²) >= 11 is 5.93. The van der Waals surface area contributed by atoms with Crippen molar-refractivity contribution in [3.63, 3.8) is 0 Å². The van der Waals surface area contributed by atoms with Gasteiger partial charge in [-0.3, -0.25) is 4.79 Å². The van der Waals surface area contributed by atoms with E-state index in [1.54, 1.807) is 24.3 Å². The van der Waals surface area contributed by atoms with Crippen LogP contribution in [0.15, 0.2) is 42.5 Å². The highest BCUT2D eigenvalue weighted by Crippen LogP contribution is 2.17. The minimum Gasteiger partial charge on any atom is -0.326 e.